The van der Waals surface area contributed by atoms with Crippen LogP contribution in [0.2, 0.25) is 0 Å². The van der Waals surface area contributed by atoms with Crippen molar-refractivity contribution >= 4 is 5.91 Å². The van der Waals surface area contributed by atoms with E-state index in [1.165, 1.54) is 0 Å². The van der Waals surface area contributed by atoms with Crippen LogP contribution in [-0.4, -0.2) is 44.7 Å². The fourth-order valence-corrected chi connectivity index (χ4v) is 3.34. The van der Waals surface area contributed by atoms with E-state index in [0.29, 0.717) is 29.6 Å². The molecule has 0 saturated carbocycles. The number of amides is 1. The Morgan fingerprint density at radius 2 is 1.67 bits per heavy atom. The van der Waals surface area contributed by atoms with Crippen molar-refractivity contribution in [2.24, 2.45) is 5.92 Å². The minimum atomic E-state index is 0.0190. The Morgan fingerprint density at radius 3 is 2.26 bits per heavy atom. The third kappa shape index (κ3) is 4.73. The molecule has 2 aromatic carbocycles. The van der Waals surface area contributed by atoms with Crippen molar-refractivity contribution < 1.29 is 19.0 Å². The summed E-state index contributed by atoms with van der Waals surface area (Å²) in [6.07, 6.45) is 1.89. The molecule has 144 valence electrons. The van der Waals surface area contributed by atoms with E-state index in [1.807, 2.05) is 23.1 Å². The lowest BCUT2D eigenvalue weighted by Crippen LogP contribution is -2.39. The number of nitrogens with zero attached hydrogens (tertiary/aromatic N) is 1. The Bertz CT molecular complexity index is 759. The Kier molecular flexibility index (Phi) is 6.22. The van der Waals surface area contributed by atoms with Gasteiger partial charge in [-0.2, -0.15) is 0 Å². The van der Waals surface area contributed by atoms with Crippen LogP contribution in [0.3, 0.4) is 0 Å². The molecule has 0 bridgehead atoms. The van der Waals surface area contributed by atoms with Gasteiger partial charge in [0.05, 0.1) is 20.8 Å². The zero-order chi connectivity index (χ0) is 19.2. The van der Waals surface area contributed by atoms with Gasteiger partial charge in [-0.25, -0.2) is 0 Å². The molecule has 2 aromatic rings. The minimum absolute atomic E-state index is 0.0190. The Labute approximate surface area is 160 Å². The zero-order valence-corrected chi connectivity index (χ0v) is 16.2. The third-order valence-corrected chi connectivity index (χ3v) is 5.07. The highest BCUT2D eigenvalue weighted by molar-refractivity contribution is 5.95. The number of likely N-dealkylation sites (tertiary alicyclic amines) is 1. The van der Waals surface area contributed by atoms with E-state index in [9.17, 15) is 4.79 Å². The van der Waals surface area contributed by atoms with Gasteiger partial charge in [-0.3, -0.25) is 4.79 Å². The SMILES string of the molecule is COc1cc(OC)cc(C(=O)N2CCC(COc3ccccc3C)CC2)c1. The van der Waals surface area contributed by atoms with Crippen LogP contribution in [0.25, 0.3) is 0 Å². The molecule has 1 aliphatic heterocycles. The number of carbonyl (C=O) groups is 1. The van der Waals surface area contributed by atoms with Gasteiger partial charge in [0.1, 0.15) is 17.2 Å². The zero-order valence-electron chi connectivity index (χ0n) is 16.2. The van der Waals surface area contributed by atoms with Crippen molar-refractivity contribution in [3.05, 3.63) is 53.6 Å². The maximum atomic E-state index is 12.9. The summed E-state index contributed by atoms with van der Waals surface area (Å²) in [6, 6.07) is 13.4. The lowest BCUT2D eigenvalue weighted by Gasteiger charge is -2.32. The molecule has 0 aromatic heterocycles. The second-order valence-corrected chi connectivity index (χ2v) is 6.91. The van der Waals surface area contributed by atoms with Gasteiger partial charge in [0.2, 0.25) is 0 Å². The first-order valence-corrected chi connectivity index (χ1v) is 9.31. The molecule has 5 nitrogen and oxygen atoms in total. The van der Waals surface area contributed by atoms with Crippen LogP contribution in [0.1, 0.15) is 28.8 Å². The number of para-hydroxylation sites is 1. The van der Waals surface area contributed by atoms with Gasteiger partial charge in [0.15, 0.2) is 0 Å². The average molecular weight is 369 g/mol. The van der Waals surface area contributed by atoms with Gasteiger partial charge in [-0.05, 0) is 49.4 Å². The van der Waals surface area contributed by atoms with Gasteiger partial charge in [0, 0.05) is 24.7 Å². The molecule has 0 unspecified atom stereocenters. The van der Waals surface area contributed by atoms with Crippen LogP contribution in [0, 0.1) is 12.8 Å². The predicted molar refractivity (Wildman–Crippen MR) is 105 cm³/mol. The summed E-state index contributed by atoms with van der Waals surface area (Å²) in [6.45, 7) is 4.22. The van der Waals surface area contributed by atoms with Crippen LogP contribution in [0.15, 0.2) is 42.5 Å². The first-order chi connectivity index (χ1) is 13.1. The molecular weight excluding hydrogens is 342 g/mol. The fraction of sp³-hybridized carbons (Fsp3) is 0.409. The van der Waals surface area contributed by atoms with Crippen LogP contribution in [0.4, 0.5) is 0 Å². The first-order valence-electron chi connectivity index (χ1n) is 9.31. The summed E-state index contributed by atoms with van der Waals surface area (Å²) in [4.78, 5) is 14.8. The smallest absolute Gasteiger partial charge is 0.254 e. The average Bonchev–Trinajstić information content (AvgIpc) is 2.72. The van der Waals surface area contributed by atoms with Crippen molar-refractivity contribution in [3.63, 3.8) is 0 Å². The van der Waals surface area contributed by atoms with Crippen molar-refractivity contribution in [3.8, 4) is 17.2 Å². The molecule has 0 radical (unpaired) electrons. The monoisotopic (exact) mass is 369 g/mol. The number of carbonyl (C=O) groups excluding carboxylic acids is 1. The standard InChI is InChI=1S/C22H27NO4/c1-16-6-4-5-7-21(16)27-15-17-8-10-23(11-9-17)22(24)18-12-19(25-2)14-20(13-18)26-3/h4-7,12-14,17H,8-11,15H2,1-3H3. The highest BCUT2D eigenvalue weighted by Gasteiger charge is 2.25. The summed E-state index contributed by atoms with van der Waals surface area (Å²) in [5.74, 6) is 2.68. The summed E-state index contributed by atoms with van der Waals surface area (Å²) in [5, 5.41) is 0. The predicted octanol–water partition coefficient (Wildman–Crippen LogP) is 3.94. The van der Waals surface area contributed by atoms with E-state index in [1.54, 1.807) is 32.4 Å². The molecule has 1 aliphatic rings. The summed E-state index contributed by atoms with van der Waals surface area (Å²) in [5.41, 5.74) is 1.75. The molecule has 1 fully saturated rings. The lowest BCUT2D eigenvalue weighted by atomic mass is 9.97. The van der Waals surface area contributed by atoms with Gasteiger partial charge < -0.3 is 19.1 Å². The van der Waals surface area contributed by atoms with Crippen LogP contribution >= 0.6 is 0 Å². The Balaban J connectivity index is 1.56. The first kappa shape index (κ1) is 19.1. The van der Waals surface area contributed by atoms with E-state index >= 15 is 0 Å². The van der Waals surface area contributed by atoms with Crippen LogP contribution < -0.4 is 14.2 Å². The normalized spacial score (nSPS) is 14.7. The minimum Gasteiger partial charge on any atom is -0.497 e. The number of piperidine rings is 1. The number of benzene rings is 2. The molecule has 1 saturated heterocycles. The number of hydrogen-bond acceptors (Lipinski definition) is 4. The topological polar surface area (TPSA) is 48.0 Å². The molecule has 0 atom stereocenters. The lowest BCUT2D eigenvalue weighted by molar-refractivity contribution is 0.0660. The van der Waals surface area contributed by atoms with Crippen molar-refractivity contribution in [1.29, 1.82) is 0 Å². The van der Waals surface area contributed by atoms with E-state index in [-0.39, 0.29) is 5.91 Å². The number of ether oxygens (including phenoxy) is 3. The van der Waals surface area contributed by atoms with E-state index in [4.69, 9.17) is 14.2 Å². The van der Waals surface area contributed by atoms with Gasteiger partial charge >= 0.3 is 0 Å². The summed E-state index contributed by atoms with van der Waals surface area (Å²) < 4.78 is 16.5. The van der Waals surface area contributed by atoms with Crippen molar-refractivity contribution in [2.45, 2.75) is 19.8 Å². The summed E-state index contributed by atoms with van der Waals surface area (Å²) >= 11 is 0. The van der Waals surface area contributed by atoms with Crippen LogP contribution in [-0.2, 0) is 0 Å². The van der Waals surface area contributed by atoms with Crippen molar-refractivity contribution in [1.82, 2.24) is 4.90 Å². The molecule has 0 aliphatic carbocycles. The largest absolute Gasteiger partial charge is 0.497 e. The highest BCUT2D eigenvalue weighted by Crippen LogP contribution is 2.26. The maximum absolute atomic E-state index is 12.9. The Hall–Kier alpha value is -2.69. The van der Waals surface area contributed by atoms with E-state index in [0.717, 1.165) is 37.2 Å². The molecular formula is C22H27NO4. The quantitative estimate of drug-likeness (QED) is 0.774. The molecule has 3 rings (SSSR count). The fourth-order valence-electron chi connectivity index (χ4n) is 3.34. The molecule has 0 spiro atoms. The Morgan fingerprint density at radius 1 is 1.04 bits per heavy atom. The third-order valence-electron chi connectivity index (χ3n) is 5.07. The van der Waals surface area contributed by atoms with E-state index in [2.05, 4.69) is 13.0 Å². The van der Waals surface area contributed by atoms with Crippen molar-refractivity contribution in [2.75, 3.05) is 33.9 Å². The molecule has 0 N–H and O–H groups in total. The van der Waals surface area contributed by atoms with Gasteiger partial charge in [-0.15, -0.1) is 0 Å². The maximum Gasteiger partial charge on any atom is 0.254 e. The number of rotatable bonds is 6. The highest BCUT2D eigenvalue weighted by atomic mass is 16.5. The number of methoxy groups -OCH3 is 2. The van der Waals surface area contributed by atoms with Gasteiger partial charge in [0.25, 0.3) is 5.91 Å². The van der Waals surface area contributed by atoms with Gasteiger partial charge in [-0.1, -0.05) is 18.2 Å². The molecule has 5 heteroatoms. The number of hydrogen-bond donors (Lipinski definition) is 0. The second-order valence-electron chi connectivity index (χ2n) is 6.91. The van der Waals surface area contributed by atoms with Crippen LogP contribution in [0.5, 0.6) is 17.2 Å². The molecule has 27 heavy (non-hydrogen) atoms. The summed E-state index contributed by atoms with van der Waals surface area (Å²) in [7, 11) is 3.17. The molecule has 1 heterocycles. The van der Waals surface area contributed by atoms with E-state index < -0.39 is 0 Å². The second kappa shape index (κ2) is 8.80. The number of aryl methyl sites for hydroxylation is 1. The molecule has 1 amide bonds.